The molecule has 19 heavy (non-hydrogen) atoms. The summed E-state index contributed by atoms with van der Waals surface area (Å²) in [5, 5.41) is 0. The Morgan fingerprint density at radius 1 is 1.16 bits per heavy atom. The summed E-state index contributed by atoms with van der Waals surface area (Å²) in [6.45, 7) is 8.43. The minimum Gasteiger partial charge on any atom is -0.469 e. The van der Waals surface area contributed by atoms with Gasteiger partial charge in [0.25, 0.3) is 0 Å². The lowest BCUT2D eigenvalue weighted by atomic mass is 9.82. The van der Waals surface area contributed by atoms with E-state index in [-0.39, 0.29) is 11.2 Å². The Labute approximate surface area is 114 Å². The van der Waals surface area contributed by atoms with E-state index in [1.807, 2.05) is 31.2 Å². The van der Waals surface area contributed by atoms with Crippen molar-refractivity contribution in [1.82, 2.24) is 0 Å². The first-order chi connectivity index (χ1) is 8.94. The number of benzene rings is 1. The fourth-order valence-electron chi connectivity index (χ4n) is 2.01. The molecule has 2 heteroatoms. The Morgan fingerprint density at radius 2 is 1.79 bits per heavy atom. The van der Waals surface area contributed by atoms with E-state index in [0.717, 1.165) is 12.2 Å². The quantitative estimate of drug-likeness (QED) is 0.753. The van der Waals surface area contributed by atoms with Gasteiger partial charge in [-0.3, -0.25) is 4.79 Å². The highest BCUT2D eigenvalue weighted by atomic mass is 16.3. The molecule has 0 saturated heterocycles. The Morgan fingerprint density at radius 3 is 2.26 bits per heavy atom. The van der Waals surface area contributed by atoms with Gasteiger partial charge in [0.2, 0.25) is 0 Å². The molecule has 0 unspecified atom stereocenters. The summed E-state index contributed by atoms with van der Waals surface area (Å²) in [5.74, 6) is 0.768. The molecule has 0 N–H and O–H groups in total. The predicted molar refractivity (Wildman–Crippen MR) is 76.6 cm³/mol. The van der Waals surface area contributed by atoms with Crippen LogP contribution in [0.2, 0.25) is 0 Å². The van der Waals surface area contributed by atoms with Gasteiger partial charge in [-0.25, -0.2) is 0 Å². The highest BCUT2D eigenvalue weighted by Gasteiger charge is 2.18. The van der Waals surface area contributed by atoms with Crippen molar-refractivity contribution in [3.8, 4) is 0 Å². The van der Waals surface area contributed by atoms with E-state index in [1.54, 1.807) is 6.07 Å². The van der Waals surface area contributed by atoms with E-state index in [4.69, 9.17) is 4.42 Å². The number of rotatable bonds is 4. The standard InChI is InChI=1S/C17H20O2/c1-5-17(3,4)15-8-6-13(7-9-15)16(18)14-10-12(2)19-11-14/h6-11H,5H2,1-4H3. The summed E-state index contributed by atoms with van der Waals surface area (Å²) in [7, 11) is 0. The van der Waals surface area contributed by atoms with Crippen LogP contribution in [0, 0.1) is 6.92 Å². The number of aryl methyl sites for hydroxylation is 1. The molecule has 0 saturated carbocycles. The fourth-order valence-corrected chi connectivity index (χ4v) is 2.01. The van der Waals surface area contributed by atoms with Crippen LogP contribution in [0.15, 0.2) is 41.0 Å². The van der Waals surface area contributed by atoms with Gasteiger partial charge >= 0.3 is 0 Å². The van der Waals surface area contributed by atoms with E-state index < -0.39 is 0 Å². The van der Waals surface area contributed by atoms with Gasteiger partial charge in [-0.15, -0.1) is 0 Å². The number of ketones is 1. The predicted octanol–water partition coefficient (Wildman–Crippen LogP) is 4.51. The van der Waals surface area contributed by atoms with Crippen molar-refractivity contribution < 1.29 is 9.21 Å². The summed E-state index contributed by atoms with van der Waals surface area (Å²) >= 11 is 0. The lowest BCUT2D eigenvalue weighted by Crippen LogP contribution is -2.15. The Bertz CT molecular complexity index is 574. The summed E-state index contributed by atoms with van der Waals surface area (Å²) in [6, 6.07) is 9.66. The van der Waals surface area contributed by atoms with Crippen molar-refractivity contribution in [3.05, 3.63) is 59.0 Å². The van der Waals surface area contributed by atoms with Crippen LogP contribution in [-0.4, -0.2) is 5.78 Å². The summed E-state index contributed by atoms with van der Waals surface area (Å²) in [4.78, 5) is 12.2. The average Bonchev–Trinajstić information content (AvgIpc) is 2.85. The third-order valence-corrected chi connectivity index (χ3v) is 3.81. The lowest BCUT2D eigenvalue weighted by Gasteiger charge is -2.23. The van der Waals surface area contributed by atoms with Crippen molar-refractivity contribution in [2.24, 2.45) is 0 Å². The summed E-state index contributed by atoms with van der Waals surface area (Å²) in [5.41, 5.74) is 2.72. The molecule has 0 amide bonds. The highest BCUT2D eigenvalue weighted by Crippen LogP contribution is 2.27. The van der Waals surface area contributed by atoms with Crippen molar-refractivity contribution >= 4 is 5.78 Å². The smallest absolute Gasteiger partial charge is 0.196 e. The number of carbonyl (C=O) groups is 1. The molecule has 0 fully saturated rings. The van der Waals surface area contributed by atoms with Crippen LogP contribution >= 0.6 is 0 Å². The van der Waals surface area contributed by atoms with Crippen LogP contribution < -0.4 is 0 Å². The van der Waals surface area contributed by atoms with Crippen LogP contribution in [-0.2, 0) is 5.41 Å². The minimum absolute atomic E-state index is 0.0118. The first kappa shape index (κ1) is 13.6. The maximum Gasteiger partial charge on any atom is 0.196 e. The molecule has 0 atom stereocenters. The van der Waals surface area contributed by atoms with Gasteiger partial charge in [-0.2, -0.15) is 0 Å². The van der Waals surface area contributed by atoms with Gasteiger partial charge in [0, 0.05) is 5.56 Å². The molecule has 2 rings (SSSR count). The zero-order valence-corrected chi connectivity index (χ0v) is 12.0. The first-order valence-electron chi connectivity index (χ1n) is 6.64. The van der Waals surface area contributed by atoms with E-state index in [0.29, 0.717) is 11.1 Å². The number of hydrogen-bond donors (Lipinski definition) is 0. The monoisotopic (exact) mass is 256 g/mol. The number of hydrogen-bond acceptors (Lipinski definition) is 2. The summed E-state index contributed by atoms with van der Waals surface area (Å²) < 4.78 is 5.18. The van der Waals surface area contributed by atoms with Crippen molar-refractivity contribution in [2.75, 3.05) is 0 Å². The van der Waals surface area contributed by atoms with Crippen LogP contribution in [0.5, 0.6) is 0 Å². The molecule has 0 radical (unpaired) electrons. The first-order valence-corrected chi connectivity index (χ1v) is 6.64. The Hall–Kier alpha value is -1.83. The molecule has 0 aliphatic carbocycles. The molecule has 100 valence electrons. The maximum absolute atomic E-state index is 12.2. The molecule has 0 aliphatic rings. The van der Waals surface area contributed by atoms with Gasteiger partial charge in [0.1, 0.15) is 12.0 Å². The second-order valence-electron chi connectivity index (χ2n) is 5.59. The van der Waals surface area contributed by atoms with Crippen LogP contribution in [0.3, 0.4) is 0 Å². The van der Waals surface area contributed by atoms with Gasteiger partial charge in [-0.05, 0) is 30.4 Å². The molecular formula is C17H20O2. The zero-order chi connectivity index (χ0) is 14.0. The van der Waals surface area contributed by atoms with E-state index in [1.165, 1.54) is 11.8 Å². The minimum atomic E-state index is 0.0118. The molecule has 0 spiro atoms. The van der Waals surface area contributed by atoms with Crippen molar-refractivity contribution in [3.63, 3.8) is 0 Å². The zero-order valence-electron chi connectivity index (χ0n) is 12.0. The lowest BCUT2D eigenvalue weighted by molar-refractivity contribution is 0.103. The normalized spacial score (nSPS) is 11.6. The molecular weight excluding hydrogens is 236 g/mol. The molecule has 2 nitrogen and oxygen atoms in total. The fraction of sp³-hybridized carbons (Fsp3) is 0.353. The van der Waals surface area contributed by atoms with Crippen molar-refractivity contribution in [2.45, 2.75) is 39.5 Å². The molecule has 1 aromatic carbocycles. The molecule has 1 aromatic heterocycles. The summed E-state index contributed by atoms with van der Waals surface area (Å²) in [6.07, 6.45) is 2.59. The molecule has 0 aliphatic heterocycles. The Balaban J connectivity index is 2.26. The van der Waals surface area contributed by atoms with Gasteiger partial charge in [0.15, 0.2) is 5.78 Å². The van der Waals surface area contributed by atoms with Gasteiger partial charge in [-0.1, -0.05) is 45.0 Å². The second-order valence-corrected chi connectivity index (χ2v) is 5.59. The molecule has 1 heterocycles. The van der Waals surface area contributed by atoms with E-state index in [9.17, 15) is 4.79 Å². The third kappa shape index (κ3) is 2.78. The van der Waals surface area contributed by atoms with E-state index in [2.05, 4.69) is 20.8 Å². The third-order valence-electron chi connectivity index (χ3n) is 3.81. The average molecular weight is 256 g/mol. The molecule has 0 bridgehead atoms. The number of carbonyl (C=O) groups excluding carboxylic acids is 1. The van der Waals surface area contributed by atoms with E-state index >= 15 is 0 Å². The largest absolute Gasteiger partial charge is 0.469 e. The van der Waals surface area contributed by atoms with Crippen molar-refractivity contribution in [1.29, 1.82) is 0 Å². The maximum atomic E-state index is 12.2. The SMILES string of the molecule is CCC(C)(C)c1ccc(C(=O)c2coc(C)c2)cc1. The van der Waals surface area contributed by atoms with Crippen LogP contribution in [0.1, 0.15) is 54.4 Å². The van der Waals surface area contributed by atoms with Gasteiger partial charge in [0.05, 0.1) is 5.56 Å². The number of furan rings is 1. The molecule has 2 aromatic rings. The van der Waals surface area contributed by atoms with Crippen LogP contribution in [0.4, 0.5) is 0 Å². The second kappa shape index (κ2) is 5.04. The Kier molecular flexibility index (Phi) is 3.61. The van der Waals surface area contributed by atoms with Crippen LogP contribution in [0.25, 0.3) is 0 Å². The van der Waals surface area contributed by atoms with Gasteiger partial charge < -0.3 is 4.42 Å². The highest BCUT2D eigenvalue weighted by molar-refractivity contribution is 6.08. The topological polar surface area (TPSA) is 30.2 Å².